The molecule has 0 saturated heterocycles. The Bertz CT molecular complexity index is 273. The fraction of sp³-hybridized carbons (Fsp3) is 0.833. The molecule has 100 valence electrons. The molecule has 0 bridgehead atoms. The van der Waals surface area contributed by atoms with Gasteiger partial charge in [0.05, 0.1) is 5.41 Å². The van der Waals surface area contributed by atoms with E-state index in [1.165, 1.54) is 0 Å². The van der Waals surface area contributed by atoms with Crippen LogP contribution in [0.1, 0.15) is 40.5 Å². The number of carbonyl (C=O) groups excluding carboxylic acids is 1. The summed E-state index contributed by atoms with van der Waals surface area (Å²) in [6.07, 6.45) is 1.01. The van der Waals surface area contributed by atoms with Crippen LogP contribution in [0.2, 0.25) is 0 Å². The summed E-state index contributed by atoms with van der Waals surface area (Å²) in [6, 6.07) is -0.134. The maximum Gasteiger partial charge on any atom is 0.317 e. The van der Waals surface area contributed by atoms with Gasteiger partial charge in [-0.1, -0.05) is 13.8 Å². The van der Waals surface area contributed by atoms with Crippen molar-refractivity contribution in [3.8, 4) is 0 Å². The average molecular weight is 244 g/mol. The van der Waals surface area contributed by atoms with Crippen molar-refractivity contribution in [3.63, 3.8) is 0 Å². The lowest BCUT2D eigenvalue weighted by Gasteiger charge is -2.29. The molecule has 0 spiro atoms. The Hall–Kier alpha value is -1.26. The van der Waals surface area contributed by atoms with Crippen LogP contribution < -0.4 is 5.32 Å². The Morgan fingerprint density at radius 1 is 1.29 bits per heavy atom. The van der Waals surface area contributed by atoms with Crippen molar-refractivity contribution in [3.05, 3.63) is 0 Å². The molecule has 0 aliphatic carbocycles. The number of aliphatic carboxylic acids is 1. The molecule has 0 fully saturated rings. The number of carbonyl (C=O) groups is 2. The lowest BCUT2D eigenvalue weighted by Crippen LogP contribution is -2.47. The molecule has 0 aliphatic rings. The molecular formula is C12H24N2O3. The van der Waals surface area contributed by atoms with Crippen molar-refractivity contribution in [1.29, 1.82) is 0 Å². The minimum absolute atomic E-state index is 0.0949. The van der Waals surface area contributed by atoms with Crippen molar-refractivity contribution in [1.82, 2.24) is 10.2 Å². The topological polar surface area (TPSA) is 69.6 Å². The third kappa shape index (κ3) is 3.91. The summed E-state index contributed by atoms with van der Waals surface area (Å²) in [5.74, 6) is -0.852. The van der Waals surface area contributed by atoms with Crippen LogP contribution in [0, 0.1) is 5.41 Å². The number of carboxylic acids is 1. The number of nitrogens with one attached hydrogen (secondary N) is 1. The second-order valence-corrected chi connectivity index (χ2v) is 4.66. The van der Waals surface area contributed by atoms with Gasteiger partial charge in [0, 0.05) is 19.6 Å². The number of urea groups is 1. The van der Waals surface area contributed by atoms with Crippen LogP contribution >= 0.6 is 0 Å². The van der Waals surface area contributed by atoms with Gasteiger partial charge in [0.1, 0.15) is 0 Å². The Balaban J connectivity index is 4.52. The van der Waals surface area contributed by atoms with Crippen molar-refractivity contribution >= 4 is 12.0 Å². The SMILES string of the molecule is CCC(CC)(CNC(=O)N(C)C(C)C)C(=O)O. The maximum absolute atomic E-state index is 11.7. The third-order valence-electron chi connectivity index (χ3n) is 3.48. The number of amides is 2. The van der Waals surface area contributed by atoms with Crippen LogP contribution in [-0.2, 0) is 4.79 Å². The first-order chi connectivity index (χ1) is 7.80. The molecule has 0 radical (unpaired) electrons. The van der Waals surface area contributed by atoms with Gasteiger partial charge in [-0.2, -0.15) is 0 Å². The van der Waals surface area contributed by atoms with Gasteiger partial charge in [-0.15, -0.1) is 0 Å². The van der Waals surface area contributed by atoms with Gasteiger partial charge in [0.15, 0.2) is 0 Å². The zero-order chi connectivity index (χ0) is 13.6. The van der Waals surface area contributed by atoms with Crippen LogP contribution in [0.4, 0.5) is 4.79 Å². The van der Waals surface area contributed by atoms with E-state index in [0.717, 1.165) is 0 Å². The van der Waals surface area contributed by atoms with Crippen LogP contribution in [0.3, 0.4) is 0 Å². The van der Waals surface area contributed by atoms with Gasteiger partial charge in [-0.3, -0.25) is 4.79 Å². The van der Waals surface area contributed by atoms with Gasteiger partial charge < -0.3 is 15.3 Å². The van der Waals surface area contributed by atoms with E-state index >= 15 is 0 Å². The first-order valence-electron chi connectivity index (χ1n) is 6.04. The van der Waals surface area contributed by atoms with Gasteiger partial charge in [0.25, 0.3) is 0 Å². The van der Waals surface area contributed by atoms with Crippen LogP contribution in [0.25, 0.3) is 0 Å². The summed E-state index contributed by atoms with van der Waals surface area (Å²) >= 11 is 0. The van der Waals surface area contributed by atoms with Crippen molar-refractivity contribution in [2.75, 3.05) is 13.6 Å². The van der Waals surface area contributed by atoms with E-state index in [0.29, 0.717) is 12.8 Å². The molecule has 0 aliphatic heterocycles. The van der Waals surface area contributed by atoms with Crippen molar-refractivity contribution in [2.24, 2.45) is 5.41 Å². The molecule has 17 heavy (non-hydrogen) atoms. The largest absolute Gasteiger partial charge is 0.481 e. The van der Waals surface area contributed by atoms with Gasteiger partial charge in [-0.25, -0.2) is 4.79 Å². The van der Waals surface area contributed by atoms with E-state index in [1.54, 1.807) is 11.9 Å². The number of carboxylic acid groups (broad SMARTS) is 1. The molecule has 5 heteroatoms. The fourth-order valence-corrected chi connectivity index (χ4v) is 1.48. The predicted molar refractivity (Wildman–Crippen MR) is 66.9 cm³/mol. The Kier molecular flexibility index (Phi) is 5.99. The van der Waals surface area contributed by atoms with Crippen molar-refractivity contribution in [2.45, 2.75) is 46.6 Å². The van der Waals surface area contributed by atoms with Crippen LogP contribution in [0.5, 0.6) is 0 Å². The molecule has 2 N–H and O–H groups in total. The number of rotatable bonds is 6. The predicted octanol–water partition coefficient (Wildman–Crippen LogP) is 1.93. The Morgan fingerprint density at radius 3 is 2.06 bits per heavy atom. The highest BCUT2D eigenvalue weighted by Crippen LogP contribution is 2.25. The maximum atomic E-state index is 11.7. The van der Waals surface area contributed by atoms with Gasteiger partial charge >= 0.3 is 12.0 Å². The highest BCUT2D eigenvalue weighted by molar-refractivity contribution is 5.78. The molecule has 0 atom stereocenters. The van der Waals surface area contributed by atoms with Gasteiger partial charge in [-0.05, 0) is 26.7 Å². The Labute approximate surface area is 103 Å². The summed E-state index contributed by atoms with van der Waals surface area (Å²) in [4.78, 5) is 24.5. The highest BCUT2D eigenvalue weighted by atomic mass is 16.4. The second-order valence-electron chi connectivity index (χ2n) is 4.66. The summed E-state index contributed by atoms with van der Waals surface area (Å²) in [5, 5.41) is 11.9. The smallest absolute Gasteiger partial charge is 0.317 e. The minimum Gasteiger partial charge on any atom is -0.481 e. The molecule has 0 saturated carbocycles. The lowest BCUT2D eigenvalue weighted by molar-refractivity contribution is -0.149. The quantitative estimate of drug-likeness (QED) is 0.750. The Morgan fingerprint density at radius 2 is 1.76 bits per heavy atom. The molecular weight excluding hydrogens is 220 g/mol. The van der Waals surface area contributed by atoms with Crippen LogP contribution in [-0.4, -0.2) is 41.6 Å². The number of hydrogen-bond acceptors (Lipinski definition) is 2. The monoisotopic (exact) mass is 244 g/mol. The van der Waals surface area contributed by atoms with E-state index < -0.39 is 11.4 Å². The number of hydrogen-bond donors (Lipinski definition) is 2. The molecule has 2 amide bonds. The molecule has 0 heterocycles. The molecule has 0 unspecified atom stereocenters. The third-order valence-corrected chi connectivity index (χ3v) is 3.48. The van der Waals surface area contributed by atoms with Gasteiger partial charge in [0.2, 0.25) is 0 Å². The summed E-state index contributed by atoms with van der Waals surface area (Å²) < 4.78 is 0. The van der Waals surface area contributed by atoms with E-state index in [-0.39, 0.29) is 18.6 Å². The fourth-order valence-electron chi connectivity index (χ4n) is 1.48. The summed E-state index contributed by atoms with van der Waals surface area (Å²) in [5.41, 5.74) is -0.854. The van der Waals surface area contributed by atoms with E-state index in [1.807, 2.05) is 27.7 Å². The molecule has 0 rings (SSSR count). The number of nitrogens with zero attached hydrogens (tertiary/aromatic N) is 1. The minimum atomic E-state index is -0.854. The molecule has 0 aromatic heterocycles. The zero-order valence-electron chi connectivity index (χ0n) is 11.4. The van der Waals surface area contributed by atoms with E-state index in [2.05, 4.69) is 5.32 Å². The van der Waals surface area contributed by atoms with Crippen molar-refractivity contribution < 1.29 is 14.7 Å². The van der Waals surface area contributed by atoms with E-state index in [9.17, 15) is 14.7 Å². The molecule has 0 aromatic rings. The first-order valence-corrected chi connectivity index (χ1v) is 6.04. The zero-order valence-corrected chi connectivity index (χ0v) is 11.4. The molecule has 5 nitrogen and oxygen atoms in total. The summed E-state index contributed by atoms with van der Waals surface area (Å²) in [7, 11) is 1.69. The average Bonchev–Trinajstić information content (AvgIpc) is 2.29. The second kappa shape index (κ2) is 6.47. The van der Waals surface area contributed by atoms with Crippen LogP contribution in [0.15, 0.2) is 0 Å². The molecule has 0 aromatic carbocycles. The first kappa shape index (κ1) is 15.7. The lowest BCUT2D eigenvalue weighted by atomic mass is 9.82. The standard InChI is InChI=1S/C12H24N2O3/c1-6-12(7-2,10(15)16)8-13-11(17)14(5)9(3)4/h9H,6-8H2,1-5H3,(H,13,17)(H,15,16). The normalized spacial score (nSPS) is 11.4. The van der Waals surface area contributed by atoms with E-state index in [4.69, 9.17) is 0 Å². The highest BCUT2D eigenvalue weighted by Gasteiger charge is 2.35. The summed E-state index contributed by atoms with van der Waals surface area (Å²) in [6.45, 7) is 7.64.